The van der Waals surface area contributed by atoms with Crippen LogP contribution < -0.4 is 5.32 Å². The molecule has 0 radical (unpaired) electrons. The van der Waals surface area contributed by atoms with E-state index in [4.69, 9.17) is 0 Å². The van der Waals surface area contributed by atoms with Gasteiger partial charge in [0.1, 0.15) is 4.60 Å². The molecule has 2 aliphatic carbocycles. The second-order valence-electron chi connectivity index (χ2n) is 5.52. The highest BCUT2D eigenvalue weighted by atomic mass is 79.9. The van der Waals surface area contributed by atoms with Crippen molar-refractivity contribution in [3.05, 3.63) is 28.5 Å². The molecule has 1 aromatic rings. The molecule has 0 aromatic carbocycles. The van der Waals surface area contributed by atoms with Crippen molar-refractivity contribution in [2.75, 3.05) is 6.54 Å². The summed E-state index contributed by atoms with van der Waals surface area (Å²) in [6.45, 7) is 2.07. The van der Waals surface area contributed by atoms with Crippen LogP contribution in [0, 0.1) is 17.8 Å². The summed E-state index contributed by atoms with van der Waals surface area (Å²) in [6.07, 6.45) is 5.94. The fourth-order valence-corrected chi connectivity index (χ4v) is 3.94. The Labute approximate surface area is 111 Å². The molecule has 1 N–H and O–H groups in total. The summed E-state index contributed by atoms with van der Waals surface area (Å²) >= 11 is 3.41. The Kier molecular flexibility index (Phi) is 3.48. The highest BCUT2D eigenvalue weighted by Crippen LogP contribution is 2.47. The minimum Gasteiger partial charge on any atom is -0.311 e. The van der Waals surface area contributed by atoms with Crippen molar-refractivity contribution in [3.63, 3.8) is 0 Å². The van der Waals surface area contributed by atoms with Crippen LogP contribution in [0.5, 0.6) is 0 Å². The van der Waals surface area contributed by atoms with Gasteiger partial charge in [-0.05, 0) is 71.6 Å². The summed E-state index contributed by atoms with van der Waals surface area (Å²) in [6, 6.07) is 6.10. The number of nitrogens with one attached hydrogen (secondary N) is 1. The lowest BCUT2D eigenvalue weighted by Crippen LogP contribution is -2.26. The molecule has 3 heteroatoms. The van der Waals surface area contributed by atoms with E-state index < -0.39 is 0 Å². The molecule has 2 saturated carbocycles. The van der Waals surface area contributed by atoms with Crippen molar-refractivity contribution in [2.24, 2.45) is 17.8 Å². The molecule has 0 saturated heterocycles. The minimum atomic E-state index is 0.896. The first kappa shape index (κ1) is 11.7. The maximum atomic E-state index is 4.44. The molecule has 0 amide bonds. The Balaban J connectivity index is 1.46. The Hall–Kier alpha value is -0.410. The van der Waals surface area contributed by atoms with E-state index in [2.05, 4.69) is 32.3 Å². The molecule has 17 heavy (non-hydrogen) atoms. The standard InChI is InChI=1S/C14H19BrN2/c15-14-3-1-2-13(17-14)9-16-8-12-7-10-4-5-11(12)6-10/h1-3,10-12,16H,4-9H2. The Morgan fingerprint density at radius 3 is 2.94 bits per heavy atom. The summed E-state index contributed by atoms with van der Waals surface area (Å²) in [4.78, 5) is 4.44. The van der Waals surface area contributed by atoms with Crippen LogP contribution in [0.15, 0.2) is 22.8 Å². The second-order valence-corrected chi connectivity index (χ2v) is 6.33. The van der Waals surface area contributed by atoms with Crippen LogP contribution in [0.1, 0.15) is 31.4 Å². The molecule has 0 spiro atoms. The van der Waals surface area contributed by atoms with E-state index in [1.807, 2.05) is 12.1 Å². The lowest BCUT2D eigenvalue weighted by molar-refractivity contribution is 0.318. The lowest BCUT2D eigenvalue weighted by Gasteiger charge is -2.21. The van der Waals surface area contributed by atoms with Gasteiger partial charge < -0.3 is 5.32 Å². The van der Waals surface area contributed by atoms with E-state index in [9.17, 15) is 0 Å². The monoisotopic (exact) mass is 294 g/mol. The molecule has 1 aromatic heterocycles. The van der Waals surface area contributed by atoms with E-state index in [0.717, 1.165) is 34.6 Å². The van der Waals surface area contributed by atoms with Crippen molar-refractivity contribution < 1.29 is 0 Å². The van der Waals surface area contributed by atoms with Crippen molar-refractivity contribution in [2.45, 2.75) is 32.2 Å². The molecule has 3 unspecified atom stereocenters. The number of pyridine rings is 1. The Morgan fingerprint density at radius 2 is 2.24 bits per heavy atom. The van der Waals surface area contributed by atoms with E-state index in [-0.39, 0.29) is 0 Å². The van der Waals surface area contributed by atoms with Crippen LogP contribution in [-0.2, 0) is 6.54 Å². The molecular weight excluding hydrogens is 276 g/mol. The number of nitrogens with zero attached hydrogens (tertiary/aromatic N) is 1. The van der Waals surface area contributed by atoms with Gasteiger partial charge in [-0.2, -0.15) is 0 Å². The van der Waals surface area contributed by atoms with E-state index >= 15 is 0 Å². The van der Waals surface area contributed by atoms with Crippen LogP contribution in [0.2, 0.25) is 0 Å². The molecule has 2 fully saturated rings. The first-order valence-electron chi connectivity index (χ1n) is 6.63. The van der Waals surface area contributed by atoms with Gasteiger partial charge in [0.25, 0.3) is 0 Å². The molecular formula is C14H19BrN2. The number of fused-ring (bicyclic) bond motifs is 2. The highest BCUT2D eigenvalue weighted by molar-refractivity contribution is 9.10. The summed E-state index contributed by atoms with van der Waals surface area (Å²) in [7, 11) is 0. The predicted molar refractivity (Wildman–Crippen MR) is 72.6 cm³/mol. The number of rotatable bonds is 4. The van der Waals surface area contributed by atoms with Gasteiger partial charge in [-0.15, -0.1) is 0 Å². The molecule has 3 atom stereocenters. The maximum Gasteiger partial charge on any atom is 0.106 e. The van der Waals surface area contributed by atoms with Gasteiger partial charge in [-0.1, -0.05) is 12.5 Å². The Morgan fingerprint density at radius 1 is 1.29 bits per heavy atom. The van der Waals surface area contributed by atoms with Crippen molar-refractivity contribution in [1.82, 2.24) is 10.3 Å². The van der Waals surface area contributed by atoms with Gasteiger partial charge in [0, 0.05) is 6.54 Å². The zero-order valence-electron chi connectivity index (χ0n) is 10.0. The zero-order valence-corrected chi connectivity index (χ0v) is 11.6. The summed E-state index contributed by atoms with van der Waals surface area (Å²) < 4.78 is 0.928. The predicted octanol–water partition coefficient (Wildman–Crippen LogP) is 3.37. The minimum absolute atomic E-state index is 0.896. The normalized spacial score (nSPS) is 31.0. The topological polar surface area (TPSA) is 24.9 Å². The average molecular weight is 295 g/mol. The summed E-state index contributed by atoms with van der Waals surface area (Å²) in [5.74, 6) is 3.00. The summed E-state index contributed by atoms with van der Waals surface area (Å²) in [5.41, 5.74) is 1.13. The SMILES string of the molecule is Brc1cccc(CNCC2CC3CCC2C3)n1. The first-order chi connectivity index (χ1) is 8.31. The molecule has 2 bridgehead atoms. The van der Waals surface area contributed by atoms with Crippen molar-refractivity contribution >= 4 is 15.9 Å². The third kappa shape index (κ3) is 2.71. The van der Waals surface area contributed by atoms with Crippen LogP contribution in [0.25, 0.3) is 0 Å². The Bertz CT molecular complexity index is 394. The number of hydrogen-bond donors (Lipinski definition) is 1. The van der Waals surface area contributed by atoms with Crippen LogP contribution in [-0.4, -0.2) is 11.5 Å². The summed E-state index contributed by atoms with van der Waals surface area (Å²) in [5, 5.41) is 3.57. The van der Waals surface area contributed by atoms with Crippen molar-refractivity contribution in [3.8, 4) is 0 Å². The molecule has 92 valence electrons. The molecule has 3 rings (SSSR count). The maximum absolute atomic E-state index is 4.44. The second kappa shape index (κ2) is 5.07. The quantitative estimate of drug-likeness (QED) is 0.861. The first-order valence-corrected chi connectivity index (χ1v) is 7.42. The van der Waals surface area contributed by atoms with Crippen LogP contribution in [0.4, 0.5) is 0 Å². The van der Waals surface area contributed by atoms with Gasteiger partial charge in [0.15, 0.2) is 0 Å². The number of halogens is 1. The highest BCUT2D eigenvalue weighted by Gasteiger charge is 2.38. The molecule has 2 nitrogen and oxygen atoms in total. The van der Waals surface area contributed by atoms with E-state index in [0.29, 0.717) is 0 Å². The number of hydrogen-bond acceptors (Lipinski definition) is 2. The largest absolute Gasteiger partial charge is 0.311 e. The zero-order chi connectivity index (χ0) is 11.7. The lowest BCUT2D eigenvalue weighted by atomic mass is 9.89. The fraction of sp³-hybridized carbons (Fsp3) is 0.643. The third-order valence-electron chi connectivity index (χ3n) is 4.37. The molecule has 2 aliphatic rings. The third-order valence-corrected chi connectivity index (χ3v) is 4.81. The van der Waals surface area contributed by atoms with Crippen LogP contribution >= 0.6 is 15.9 Å². The number of aromatic nitrogens is 1. The fourth-order valence-electron chi connectivity index (χ4n) is 3.56. The van der Waals surface area contributed by atoms with Gasteiger partial charge in [-0.25, -0.2) is 4.98 Å². The van der Waals surface area contributed by atoms with Gasteiger partial charge in [0.05, 0.1) is 5.69 Å². The van der Waals surface area contributed by atoms with Gasteiger partial charge in [0.2, 0.25) is 0 Å². The van der Waals surface area contributed by atoms with Gasteiger partial charge in [-0.3, -0.25) is 0 Å². The van der Waals surface area contributed by atoms with Crippen LogP contribution in [0.3, 0.4) is 0 Å². The van der Waals surface area contributed by atoms with Gasteiger partial charge >= 0.3 is 0 Å². The molecule has 1 heterocycles. The molecule has 0 aliphatic heterocycles. The van der Waals surface area contributed by atoms with E-state index in [1.165, 1.54) is 32.2 Å². The average Bonchev–Trinajstić information content (AvgIpc) is 2.91. The smallest absolute Gasteiger partial charge is 0.106 e. The van der Waals surface area contributed by atoms with Crippen molar-refractivity contribution in [1.29, 1.82) is 0 Å². The van der Waals surface area contributed by atoms with E-state index in [1.54, 1.807) is 0 Å².